The molecule has 26 heavy (non-hydrogen) atoms. The molecule has 0 saturated carbocycles. The quantitative estimate of drug-likeness (QED) is 0.653. The van der Waals surface area contributed by atoms with E-state index in [0.29, 0.717) is 0 Å². The lowest BCUT2D eigenvalue weighted by Gasteiger charge is -2.33. The molecular formula is C22H21ClN2O. The molecule has 0 N–H and O–H groups in total. The van der Waals surface area contributed by atoms with E-state index in [2.05, 4.69) is 46.3 Å². The fourth-order valence-corrected chi connectivity index (χ4v) is 3.50. The molecule has 3 aromatic rings. The predicted molar refractivity (Wildman–Crippen MR) is 105 cm³/mol. The molecule has 0 radical (unpaired) electrons. The van der Waals surface area contributed by atoms with Gasteiger partial charge >= 0.3 is 0 Å². The summed E-state index contributed by atoms with van der Waals surface area (Å²) in [5.74, 6) is 0. The van der Waals surface area contributed by atoms with E-state index in [0.717, 1.165) is 42.5 Å². The average Bonchev–Trinajstić information content (AvgIpc) is 2.69. The van der Waals surface area contributed by atoms with Crippen LogP contribution in [-0.2, 0) is 11.3 Å². The van der Waals surface area contributed by atoms with Gasteiger partial charge in [-0.2, -0.15) is 0 Å². The second-order valence-electron chi connectivity index (χ2n) is 6.57. The number of pyridine rings is 1. The highest BCUT2D eigenvalue weighted by molar-refractivity contribution is 6.30. The Bertz CT molecular complexity index is 852. The van der Waals surface area contributed by atoms with Crippen LogP contribution in [0, 0.1) is 0 Å². The van der Waals surface area contributed by atoms with E-state index >= 15 is 0 Å². The Morgan fingerprint density at radius 2 is 1.92 bits per heavy atom. The number of hydrogen-bond acceptors (Lipinski definition) is 3. The van der Waals surface area contributed by atoms with Crippen molar-refractivity contribution in [3.05, 3.63) is 89.1 Å². The van der Waals surface area contributed by atoms with E-state index < -0.39 is 0 Å². The molecule has 1 fully saturated rings. The van der Waals surface area contributed by atoms with Crippen LogP contribution in [0.1, 0.15) is 17.2 Å². The average molecular weight is 365 g/mol. The van der Waals surface area contributed by atoms with E-state index in [1.807, 2.05) is 36.5 Å². The van der Waals surface area contributed by atoms with Crippen LogP contribution in [0.15, 0.2) is 72.9 Å². The first-order valence-electron chi connectivity index (χ1n) is 8.88. The van der Waals surface area contributed by atoms with E-state index in [4.69, 9.17) is 16.3 Å². The van der Waals surface area contributed by atoms with Gasteiger partial charge in [-0.3, -0.25) is 9.88 Å². The van der Waals surface area contributed by atoms with Crippen LogP contribution in [0.2, 0.25) is 5.02 Å². The summed E-state index contributed by atoms with van der Waals surface area (Å²) in [6.07, 6.45) is 2.10. The highest BCUT2D eigenvalue weighted by atomic mass is 35.5. The highest BCUT2D eigenvalue weighted by Gasteiger charge is 2.21. The first-order chi connectivity index (χ1) is 12.8. The second-order valence-corrected chi connectivity index (χ2v) is 7.00. The molecule has 132 valence electrons. The molecule has 4 heteroatoms. The van der Waals surface area contributed by atoms with E-state index in [1.165, 1.54) is 11.1 Å². The predicted octanol–water partition coefficient (Wildman–Crippen LogP) is 4.98. The zero-order valence-electron chi connectivity index (χ0n) is 14.5. The van der Waals surface area contributed by atoms with Crippen molar-refractivity contribution in [2.45, 2.75) is 12.6 Å². The maximum atomic E-state index is 6.07. The molecule has 4 rings (SSSR count). The van der Waals surface area contributed by atoms with Gasteiger partial charge in [-0.25, -0.2) is 0 Å². The topological polar surface area (TPSA) is 25.4 Å². The van der Waals surface area contributed by atoms with Gasteiger partial charge in [-0.1, -0.05) is 60.1 Å². The molecule has 0 amide bonds. The smallest absolute Gasteiger partial charge is 0.0952 e. The minimum atomic E-state index is 0.142. The Morgan fingerprint density at radius 3 is 2.69 bits per heavy atom. The summed E-state index contributed by atoms with van der Waals surface area (Å²) in [7, 11) is 0. The zero-order valence-corrected chi connectivity index (χ0v) is 15.3. The van der Waals surface area contributed by atoms with Gasteiger partial charge in [-0.05, 0) is 29.3 Å². The minimum absolute atomic E-state index is 0.142. The minimum Gasteiger partial charge on any atom is -0.371 e. The van der Waals surface area contributed by atoms with E-state index in [-0.39, 0.29) is 6.10 Å². The fraction of sp³-hybridized carbons (Fsp3) is 0.227. The Balaban J connectivity index is 1.42. The molecule has 1 aliphatic heterocycles. The number of hydrogen-bond donors (Lipinski definition) is 0. The van der Waals surface area contributed by atoms with Gasteiger partial charge in [0.1, 0.15) is 0 Å². The first-order valence-corrected chi connectivity index (χ1v) is 9.25. The molecule has 0 aliphatic carbocycles. The number of nitrogens with zero attached hydrogens (tertiary/aromatic N) is 2. The van der Waals surface area contributed by atoms with Crippen molar-refractivity contribution in [1.29, 1.82) is 0 Å². The maximum Gasteiger partial charge on any atom is 0.0952 e. The molecular weight excluding hydrogens is 344 g/mol. The molecule has 1 saturated heterocycles. The van der Waals surface area contributed by atoms with Crippen LogP contribution in [0.25, 0.3) is 11.3 Å². The third-order valence-electron chi connectivity index (χ3n) is 4.67. The van der Waals surface area contributed by atoms with Crippen molar-refractivity contribution in [3.8, 4) is 11.3 Å². The molecule has 2 aromatic carbocycles. The Morgan fingerprint density at radius 1 is 1.04 bits per heavy atom. The summed E-state index contributed by atoms with van der Waals surface area (Å²) in [6.45, 7) is 3.49. The van der Waals surface area contributed by atoms with E-state index in [1.54, 1.807) is 0 Å². The Hall–Kier alpha value is -2.20. The molecule has 2 heterocycles. The van der Waals surface area contributed by atoms with Crippen LogP contribution >= 0.6 is 11.6 Å². The molecule has 0 spiro atoms. The normalized spacial score (nSPS) is 18.0. The maximum absolute atomic E-state index is 6.07. The number of ether oxygens (including phenoxy) is 1. The number of benzene rings is 2. The Labute approximate surface area is 159 Å². The van der Waals surface area contributed by atoms with Crippen LogP contribution < -0.4 is 0 Å². The first kappa shape index (κ1) is 17.2. The SMILES string of the molecule is Clc1cccc(-c2ccc(CN3CCO[C@@H](c4ccccc4)C3)cn2)c1. The number of rotatable bonds is 4. The highest BCUT2D eigenvalue weighted by Crippen LogP contribution is 2.24. The summed E-state index contributed by atoms with van der Waals surface area (Å²) in [5, 5.41) is 0.730. The third-order valence-corrected chi connectivity index (χ3v) is 4.91. The monoisotopic (exact) mass is 364 g/mol. The summed E-state index contributed by atoms with van der Waals surface area (Å²) < 4.78 is 5.95. The lowest BCUT2D eigenvalue weighted by molar-refractivity contribution is -0.0329. The van der Waals surface area contributed by atoms with Crippen molar-refractivity contribution >= 4 is 11.6 Å². The van der Waals surface area contributed by atoms with Gasteiger partial charge in [0, 0.05) is 36.4 Å². The van der Waals surface area contributed by atoms with Crippen molar-refractivity contribution < 1.29 is 4.74 Å². The summed E-state index contributed by atoms with van der Waals surface area (Å²) in [4.78, 5) is 7.04. The van der Waals surface area contributed by atoms with Crippen LogP contribution in [0.5, 0.6) is 0 Å². The van der Waals surface area contributed by atoms with Crippen LogP contribution in [0.4, 0.5) is 0 Å². The summed E-state index contributed by atoms with van der Waals surface area (Å²) in [6, 6.07) is 22.4. The van der Waals surface area contributed by atoms with Gasteiger partial charge in [0.15, 0.2) is 0 Å². The summed E-state index contributed by atoms with van der Waals surface area (Å²) in [5.41, 5.74) is 4.44. The van der Waals surface area contributed by atoms with Crippen LogP contribution in [-0.4, -0.2) is 29.6 Å². The number of halogens is 1. The standard InChI is InChI=1S/C22H21ClN2O/c23-20-8-4-7-19(13-20)21-10-9-17(14-24-21)15-25-11-12-26-22(16-25)18-5-2-1-3-6-18/h1-10,13-14,22H,11-12,15-16H2/t22-/m1/s1. The third kappa shape index (κ3) is 4.13. The van der Waals surface area contributed by atoms with Crippen molar-refractivity contribution in [2.24, 2.45) is 0 Å². The molecule has 3 nitrogen and oxygen atoms in total. The molecule has 1 atom stereocenters. The van der Waals surface area contributed by atoms with Gasteiger partial charge in [0.05, 0.1) is 18.4 Å². The lowest BCUT2D eigenvalue weighted by atomic mass is 10.1. The fourth-order valence-electron chi connectivity index (χ4n) is 3.31. The van der Waals surface area contributed by atoms with Crippen molar-refractivity contribution in [1.82, 2.24) is 9.88 Å². The zero-order chi connectivity index (χ0) is 17.8. The number of aromatic nitrogens is 1. The second kappa shape index (κ2) is 8.00. The molecule has 0 bridgehead atoms. The summed E-state index contributed by atoms with van der Waals surface area (Å²) >= 11 is 6.07. The van der Waals surface area contributed by atoms with Gasteiger partial charge in [-0.15, -0.1) is 0 Å². The Kier molecular flexibility index (Phi) is 5.30. The lowest BCUT2D eigenvalue weighted by Crippen LogP contribution is -2.37. The number of morpholine rings is 1. The van der Waals surface area contributed by atoms with Gasteiger partial charge < -0.3 is 4.74 Å². The van der Waals surface area contributed by atoms with Gasteiger partial charge in [0.2, 0.25) is 0 Å². The molecule has 0 unspecified atom stereocenters. The molecule has 1 aliphatic rings. The largest absolute Gasteiger partial charge is 0.371 e. The molecule has 1 aromatic heterocycles. The van der Waals surface area contributed by atoms with Crippen LogP contribution in [0.3, 0.4) is 0 Å². The van der Waals surface area contributed by atoms with E-state index in [9.17, 15) is 0 Å². The van der Waals surface area contributed by atoms with Crippen molar-refractivity contribution in [2.75, 3.05) is 19.7 Å². The van der Waals surface area contributed by atoms with Gasteiger partial charge in [0.25, 0.3) is 0 Å². The van der Waals surface area contributed by atoms with Crippen molar-refractivity contribution in [3.63, 3.8) is 0 Å².